The van der Waals surface area contributed by atoms with Crippen molar-refractivity contribution in [3.05, 3.63) is 23.0 Å². The van der Waals surface area contributed by atoms with Crippen LogP contribution in [0.2, 0.25) is 5.15 Å². The molecule has 0 fully saturated rings. The van der Waals surface area contributed by atoms with Gasteiger partial charge in [0.1, 0.15) is 10.9 Å². The molecule has 0 amide bonds. The van der Waals surface area contributed by atoms with Gasteiger partial charge in [-0.2, -0.15) is 0 Å². The van der Waals surface area contributed by atoms with Gasteiger partial charge in [-0.1, -0.05) is 11.6 Å². The number of hydrogen-bond acceptors (Lipinski definition) is 3. The van der Waals surface area contributed by atoms with Gasteiger partial charge in [-0.25, -0.2) is 4.98 Å². The van der Waals surface area contributed by atoms with Gasteiger partial charge in [0, 0.05) is 6.04 Å². The van der Waals surface area contributed by atoms with Crippen molar-refractivity contribution in [3.63, 3.8) is 0 Å². The quantitative estimate of drug-likeness (QED) is 0.743. The van der Waals surface area contributed by atoms with E-state index in [0.29, 0.717) is 17.8 Å². The molecular formula is C12H19ClN2O. The Balaban J connectivity index is 2.40. The van der Waals surface area contributed by atoms with Gasteiger partial charge < -0.3 is 9.64 Å². The molecule has 0 spiro atoms. The highest BCUT2D eigenvalue weighted by Crippen LogP contribution is 2.18. The van der Waals surface area contributed by atoms with Gasteiger partial charge in [0.25, 0.3) is 0 Å². The Hall–Kier alpha value is -0.800. The third-order valence-corrected chi connectivity index (χ3v) is 3.07. The molecule has 16 heavy (non-hydrogen) atoms. The molecule has 0 aliphatic rings. The lowest BCUT2D eigenvalue weighted by molar-refractivity contribution is 0.233. The second-order valence-electron chi connectivity index (χ2n) is 4.23. The van der Waals surface area contributed by atoms with Gasteiger partial charge in [-0.3, -0.25) is 0 Å². The van der Waals surface area contributed by atoms with E-state index >= 15 is 0 Å². The Bertz CT molecular complexity index is 342. The summed E-state index contributed by atoms with van der Waals surface area (Å²) in [5.74, 6) is 0.785. The first-order chi connectivity index (χ1) is 7.50. The Morgan fingerprint density at radius 1 is 1.50 bits per heavy atom. The number of ether oxygens (including phenoxy) is 1. The second kappa shape index (κ2) is 6.06. The van der Waals surface area contributed by atoms with Crippen LogP contribution < -0.4 is 4.74 Å². The van der Waals surface area contributed by atoms with Crippen LogP contribution in [-0.4, -0.2) is 36.6 Å². The maximum absolute atomic E-state index is 5.83. The third-order valence-electron chi connectivity index (χ3n) is 2.68. The number of rotatable bonds is 5. The molecule has 1 rings (SSSR count). The summed E-state index contributed by atoms with van der Waals surface area (Å²) in [6.45, 7) is 4.79. The fraction of sp³-hybridized carbons (Fsp3) is 0.583. The van der Waals surface area contributed by atoms with E-state index in [1.165, 1.54) is 0 Å². The van der Waals surface area contributed by atoms with E-state index in [4.69, 9.17) is 16.3 Å². The van der Waals surface area contributed by atoms with Gasteiger partial charge in [-0.05, 0) is 46.0 Å². The highest BCUT2D eigenvalue weighted by Gasteiger charge is 2.05. The van der Waals surface area contributed by atoms with Crippen LogP contribution in [-0.2, 0) is 0 Å². The fourth-order valence-electron chi connectivity index (χ4n) is 1.22. The molecule has 90 valence electrons. The lowest BCUT2D eigenvalue weighted by atomic mass is 10.2. The highest BCUT2D eigenvalue weighted by atomic mass is 35.5. The first-order valence-corrected chi connectivity index (χ1v) is 5.80. The summed E-state index contributed by atoms with van der Waals surface area (Å²) in [6, 6.07) is 2.43. The van der Waals surface area contributed by atoms with Crippen LogP contribution in [0.4, 0.5) is 0 Å². The molecule has 1 atom stereocenters. The van der Waals surface area contributed by atoms with E-state index in [9.17, 15) is 0 Å². The van der Waals surface area contributed by atoms with Crippen LogP contribution >= 0.6 is 11.6 Å². The molecular weight excluding hydrogens is 224 g/mol. The number of halogens is 1. The zero-order valence-corrected chi connectivity index (χ0v) is 11.1. The number of hydrogen-bond donors (Lipinski definition) is 0. The van der Waals surface area contributed by atoms with E-state index in [2.05, 4.69) is 30.9 Å². The Morgan fingerprint density at radius 3 is 2.75 bits per heavy atom. The topological polar surface area (TPSA) is 25.4 Å². The SMILES string of the molecule is Cc1cc(OCCC(C)N(C)C)cnc1Cl. The molecule has 1 aromatic rings. The summed E-state index contributed by atoms with van der Waals surface area (Å²) in [5, 5.41) is 0.536. The van der Waals surface area contributed by atoms with Crippen LogP contribution in [0.1, 0.15) is 18.9 Å². The number of aromatic nitrogens is 1. The van der Waals surface area contributed by atoms with E-state index in [0.717, 1.165) is 17.7 Å². The maximum Gasteiger partial charge on any atom is 0.137 e. The van der Waals surface area contributed by atoms with Crippen molar-refractivity contribution in [3.8, 4) is 5.75 Å². The van der Waals surface area contributed by atoms with Crippen LogP contribution in [0.5, 0.6) is 5.75 Å². The zero-order chi connectivity index (χ0) is 12.1. The van der Waals surface area contributed by atoms with Crippen molar-refractivity contribution in [1.82, 2.24) is 9.88 Å². The summed E-state index contributed by atoms with van der Waals surface area (Å²) in [7, 11) is 4.14. The normalized spacial score (nSPS) is 12.9. The lowest BCUT2D eigenvalue weighted by Gasteiger charge is -2.19. The monoisotopic (exact) mass is 242 g/mol. The molecule has 3 nitrogen and oxygen atoms in total. The lowest BCUT2D eigenvalue weighted by Crippen LogP contribution is -2.26. The largest absolute Gasteiger partial charge is 0.492 e. The summed E-state index contributed by atoms with van der Waals surface area (Å²) in [6.07, 6.45) is 2.66. The number of pyridine rings is 1. The van der Waals surface area contributed by atoms with E-state index in [1.54, 1.807) is 6.20 Å². The van der Waals surface area contributed by atoms with Crippen molar-refractivity contribution in [2.45, 2.75) is 26.3 Å². The Kier molecular flexibility index (Phi) is 5.03. The molecule has 0 aromatic carbocycles. The van der Waals surface area contributed by atoms with Crippen molar-refractivity contribution >= 4 is 11.6 Å². The summed E-state index contributed by atoms with van der Waals surface area (Å²) in [5.41, 5.74) is 0.944. The molecule has 0 N–H and O–H groups in total. The molecule has 1 heterocycles. The minimum atomic E-state index is 0.515. The zero-order valence-electron chi connectivity index (χ0n) is 10.3. The second-order valence-corrected chi connectivity index (χ2v) is 4.59. The van der Waals surface area contributed by atoms with E-state index < -0.39 is 0 Å². The molecule has 1 unspecified atom stereocenters. The average molecular weight is 243 g/mol. The Morgan fingerprint density at radius 2 is 2.19 bits per heavy atom. The first kappa shape index (κ1) is 13.3. The van der Waals surface area contributed by atoms with E-state index in [-0.39, 0.29) is 0 Å². The van der Waals surface area contributed by atoms with Crippen LogP contribution in [0.25, 0.3) is 0 Å². The minimum Gasteiger partial charge on any atom is -0.492 e. The standard InChI is InChI=1S/C12H19ClN2O/c1-9-7-11(8-14-12(9)13)16-6-5-10(2)15(3)4/h7-8,10H,5-6H2,1-4H3. The molecule has 0 saturated carbocycles. The van der Waals surface area contributed by atoms with Gasteiger partial charge in [0.2, 0.25) is 0 Å². The molecule has 4 heteroatoms. The highest BCUT2D eigenvalue weighted by molar-refractivity contribution is 6.30. The van der Waals surface area contributed by atoms with Crippen LogP contribution in [0.15, 0.2) is 12.3 Å². The van der Waals surface area contributed by atoms with Crippen molar-refractivity contribution in [1.29, 1.82) is 0 Å². The average Bonchev–Trinajstić information content (AvgIpc) is 2.23. The summed E-state index contributed by atoms with van der Waals surface area (Å²) < 4.78 is 5.61. The van der Waals surface area contributed by atoms with E-state index in [1.807, 2.05) is 13.0 Å². The predicted octanol–water partition coefficient (Wildman–Crippen LogP) is 2.76. The minimum absolute atomic E-state index is 0.515. The smallest absolute Gasteiger partial charge is 0.137 e. The van der Waals surface area contributed by atoms with Gasteiger partial charge >= 0.3 is 0 Å². The maximum atomic E-state index is 5.83. The van der Waals surface area contributed by atoms with Gasteiger partial charge in [-0.15, -0.1) is 0 Å². The van der Waals surface area contributed by atoms with Gasteiger partial charge in [0.05, 0.1) is 12.8 Å². The fourth-order valence-corrected chi connectivity index (χ4v) is 1.32. The summed E-state index contributed by atoms with van der Waals surface area (Å²) in [4.78, 5) is 6.22. The van der Waals surface area contributed by atoms with Crippen molar-refractivity contribution in [2.75, 3.05) is 20.7 Å². The predicted molar refractivity (Wildman–Crippen MR) is 67.2 cm³/mol. The molecule has 0 aliphatic heterocycles. The van der Waals surface area contributed by atoms with Crippen molar-refractivity contribution < 1.29 is 4.74 Å². The molecule has 0 saturated heterocycles. The third kappa shape index (κ3) is 3.99. The van der Waals surface area contributed by atoms with Gasteiger partial charge in [0.15, 0.2) is 0 Å². The number of nitrogens with zero attached hydrogens (tertiary/aromatic N) is 2. The van der Waals surface area contributed by atoms with Crippen LogP contribution in [0, 0.1) is 6.92 Å². The molecule has 1 aromatic heterocycles. The molecule has 0 bridgehead atoms. The molecule has 0 aliphatic carbocycles. The van der Waals surface area contributed by atoms with Crippen molar-refractivity contribution in [2.24, 2.45) is 0 Å². The molecule has 0 radical (unpaired) electrons. The number of aryl methyl sites for hydroxylation is 1. The summed E-state index contributed by atoms with van der Waals surface area (Å²) >= 11 is 5.83. The first-order valence-electron chi connectivity index (χ1n) is 5.42. The Labute approximate surface area is 102 Å². The van der Waals surface area contributed by atoms with Crippen LogP contribution in [0.3, 0.4) is 0 Å².